The van der Waals surface area contributed by atoms with E-state index in [0.717, 1.165) is 55.5 Å². The molecule has 2 heteroatoms. The monoisotopic (exact) mass is 611 g/mol. The number of hydrogen-bond acceptors (Lipinski definition) is 2. The van der Waals surface area contributed by atoms with Gasteiger partial charge in [-0.3, -0.25) is 0 Å². The summed E-state index contributed by atoms with van der Waals surface area (Å²) in [4.78, 5) is 2.47. The predicted octanol–water partition coefficient (Wildman–Crippen LogP) is 13.3. The second kappa shape index (κ2) is 10.6. The van der Waals surface area contributed by atoms with Crippen LogP contribution in [0.25, 0.3) is 76.2 Å². The Hall–Kier alpha value is -6.38. The summed E-state index contributed by atoms with van der Waals surface area (Å²) in [7, 11) is 0. The van der Waals surface area contributed by atoms with Crippen LogP contribution in [0.3, 0.4) is 0 Å². The third-order valence-electron chi connectivity index (χ3n) is 9.81. The maximum atomic E-state index is 6.50. The van der Waals surface area contributed by atoms with Crippen molar-refractivity contribution in [1.82, 2.24) is 0 Å². The Bertz CT molecular complexity index is 2860. The van der Waals surface area contributed by atoms with Gasteiger partial charge in [0.1, 0.15) is 11.2 Å². The van der Waals surface area contributed by atoms with Crippen LogP contribution >= 0.6 is 0 Å². The van der Waals surface area contributed by atoms with Gasteiger partial charge in [-0.2, -0.15) is 0 Å². The minimum Gasteiger partial charge on any atom is -0.455 e. The summed E-state index contributed by atoms with van der Waals surface area (Å²) < 4.78 is 6.50. The number of para-hydroxylation sites is 1. The molecule has 0 aliphatic carbocycles. The summed E-state index contributed by atoms with van der Waals surface area (Å²) >= 11 is 0. The van der Waals surface area contributed by atoms with Crippen molar-refractivity contribution in [2.45, 2.75) is 0 Å². The molecule has 9 aromatic carbocycles. The molecule has 0 radical (unpaired) electrons. The Balaban J connectivity index is 1.27. The lowest BCUT2D eigenvalue weighted by Gasteiger charge is -2.30. The first-order chi connectivity index (χ1) is 23.8. The van der Waals surface area contributed by atoms with Crippen LogP contribution < -0.4 is 4.90 Å². The van der Waals surface area contributed by atoms with Gasteiger partial charge in [-0.1, -0.05) is 140 Å². The van der Waals surface area contributed by atoms with E-state index in [9.17, 15) is 0 Å². The molecule has 48 heavy (non-hydrogen) atoms. The molecule has 2 nitrogen and oxygen atoms in total. The molecular weight excluding hydrogens is 583 g/mol. The highest BCUT2D eigenvalue weighted by molar-refractivity contribution is 6.17. The molecule has 0 bridgehead atoms. The van der Waals surface area contributed by atoms with Crippen molar-refractivity contribution in [3.05, 3.63) is 176 Å². The van der Waals surface area contributed by atoms with Crippen LogP contribution in [0, 0.1) is 0 Å². The lowest BCUT2D eigenvalue weighted by atomic mass is 9.96. The fourth-order valence-electron chi connectivity index (χ4n) is 7.60. The molecule has 224 valence electrons. The second-order valence-corrected chi connectivity index (χ2v) is 12.5. The third kappa shape index (κ3) is 4.06. The first kappa shape index (κ1) is 26.8. The molecule has 0 atom stereocenters. The topological polar surface area (TPSA) is 16.4 Å². The summed E-state index contributed by atoms with van der Waals surface area (Å²) in [6.07, 6.45) is 0. The molecule has 1 heterocycles. The molecule has 0 amide bonds. The number of rotatable bonds is 4. The molecule has 0 unspecified atom stereocenters. The van der Waals surface area contributed by atoms with Crippen molar-refractivity contribution >= 4 is 82.1 Å². The van der Waals surface area contributed by atoms with Crippen molar-refractivity contribution < 1.29 is 4.42 Å². The molecular formula is C46H29NO. The lowest BCUT2D eigenvalue weighted by molar-refractivity contribution is 0.672. The summed E-state index contributed by atoms with van der Waals surface area (Å²) in [5.41, 5.74) is 7.54. The van der Waals surface area contributed by atoms with Crippen molar-refractivity contribution in [2.24, 2.45) is 0 Å². The summed E-state index contributed by atoms with van der Waals surface area (Å²) in [6, 6.07) is 63.4. The molecule has 0 fully saturated rings. The maximum absolute atomic E-state index is 6.50. The van der Waals surface area contributed by atoms with Crippen molar-refractivity contribution in [2.75, 3.05) is 4.90 Å². The number of fused-ring (bicyclic) bond motifs is 9. The Labute approximate surface area is 277 Å². The Kier molecular flexibility index (Phi) is 5.91. The minimum atomic E-state index is 0.897. The normalized spacial score (nSPS) is 11.8. The second-order valence-electron chi connectivity index (χ2n) is 12.5. The quantitative estimate of drug-likeness (QED) is 0.184. The summed E-state index contributed by atoms with van der Waals surface area (Å²) in [5.74, 6) is 0. The van der Waals surface area contributed by atoms with E-state index in [2.05, 4.69) is 181 Å². The van der Waals surface area contributed by atoms with Gasteiger partial charge in [-0.15, -0.1) is 0 Å². The largest absolute Gasteiger partial charge is 0.455 e. The van der Waals surface area contributed by atoms with Crippen LogP contribution in [0.4, 0.5) is 17.1 Å². The summed E-state index contributed by atoms with van der Waals surface area (Å²) in [6.45, 7) is 0. The van der Waals surface area contributed by atoms with E-state index in [-0.39, 0.29) is 0 Å². The average Bonchev–Trinajstić information content (AvgIpc) is 3.54. The Morgan fingerprint density at radius 2 is 0.958 bits per heavy atom. The minimum absolute atomic E-state index is 0.897. The molecule has 0 saturated heterocycles. The molecule has 1 aromatic heterocycles. The summed E-state index contributed by atoms with van der Waals surface area (Å²) in [5, 5.41) is 11.9. The number of hydrogen-bond donors (Lipinski definition) is 0. The van der Waals surface area contributed by atoms with Crippen LogP contribution in [-0.4, -0.2) is 0 Å². The van der Waals surface area contributed by atoms with Gasteiger partial charge in [0.25, 0.3) is 0 Å². The Morgan fingerprint density at radius 1 is 0.333 bits per heavy atom. The van der Waals surface area contributed by atoms with E-state index < -0.39 is 0 Å². The molecule has 0 saturated carbocycles. The van der Waals surface area contributed by atoms with Crippen LogP contribution in [0.2, 0.25) is 0 Å². The zero-order valence-corrected chi connectivity index (χ0v) is 26.1. The van der Waals surface area contributed by atoms with Gasteiger partial charge in [-0.25, -0.2) is 0 Å². The molecule has 0 N–H and O–H groups in total. The van der Waals surface area contributed by atoms with Crippen molar-refractivity contribution in [1.29, 1.82) is 0 Å². The maximum Gasteiger partial charge on any atom is 0.143 e. The molecule has 10 aromatic rings. The lowest BCUT2D eigenvalue weighted by Crippen LogP contribution is -2.12. The van der Waals surface area contributed by atoms with Gasteiger partial charge in [0, 0.05) is 32.5 Å². The zero-order chi connectivity index (χ0) is 31.6. The first-order valence-electron chi connectivity index (χ1n) is 16.4. The van der Waals surface area contributed by atoms with Gasteiger partial charge < -0.3 is 9.32 Å². The van der Waals surface area contributed by atoms with Gasteiger partial charge in [0.15, 0.2) is 0 Å². The SMILES string of the molecule is c1ccc(N(c2cccc3ccccc23)c2cc3ccccc3c3ccccc23)c(-c2ccc3oc4c5ccccc5ccc4c3c2)c1. The van der Waals surface area contributed by atoms with E-state index in [4.69, 9.17) is 4.42 Å². The van der Waals surface area contributed by atoms with Gasteiger partial charge in [-0.05, 0) is 68.9 Å². The van der Waals surface area contributed by atoms with Gasteiger partial charge in [0.2, 0.25) is 0 Å². The number of benzene rings is 9. The number of nitrogens with zero attached hydrogens (tertiary/aromatic N) is 1. The standard InChI is InChI=1S/C46H29NO/c1-5-17-35-30(12-1)15-11-23-43(35)47(44-29-32-14-3-4-16-34(32)38-20-7-8-21-39(38)44)42-22-10-9-18-36(42)33-25-27-45-41(28-33)40-26-24-31-13-2-6-19-37(31)46(40)48-45/h1-29H. The fourth-order valence-corrected chi connectivity index (χ4v) is 7.60. The smallest absolute Gasteiger partial charge is 0.143 e. The molecule has 0 aliphatic heterocycles. The number of anilines is 3. The molecule has 0 aliphatic rings. The average molecular weight is 612 g/mol. The number of furan rings is 1. The first-order valence-corrected chi connectivity index (χ1v) is 16.4. The van der Waals surface area contributed by atoms with Crippen molar-refractivity contribution in [3.63, 3.8) is 0 Å². The van der Waals surface area contributed by atoms with E-state index in [1.165, 1.54) is 37.7 Å². The fraction of sp³-hybridized carbons (Fsp3) is 0. The van der Waals surface area contributed by atoms with E-state index in [0.29, 0.717) is 0 Å². The van der Waals surface area contributed by atoms with Crippen LogP contribution in [0.5, 0.6) is 0 Å². The van der Waals surface area contributed by atoms with Crippen LogP contribution in [0.1, 0.15) is 0 Å². The van der Waals surface area contributed by atoms with E-state index in [1.807, 2.05) is 0 Å². The molecule has 10 rings (SSSR count). The highest BCUT2D eigenvalue weighted by Gasteiger charge is 2.22. The van der Waals surface area contributed by atoms with Crippen LogP contribution in [-0.2, 0) is 0 Å². The van der Waals surface area contributed by atoms with E-state index in [1.54, 1.807) is 0 Å². The highest BCUT2D eigenvalue weighted by atomic mass is 16.3. The third-order valence-corrected chi connectivity index (χ3v) is 9.81. The predicted molar refractivity (Wildman–Crippen MR) is 204 cm³/mol. The highest BCUT2D eigenvalue weighted by Crippen LogP contribution is 2.47. The van der Waals surface area contributed by atoms with Crippen molar-refractivity contribution in [3.8, 4) is 11.1 Å². The Morgan fingerprint density at radius 3 is 1.81 bits per heavy atom. The van der Waals surface area contributed by atoms with Gasteiger partial charge >= 0.3 is 0 Å². The molecule has 0 spiro atoms. The van der Waals surface area contributed by atoms with E-state index >= 15 is 0 Å². The van der Waals surface area contributed by atoms with Crippen LogP contribution in [0.15, 0.2) is 180 Å². The zero-order valence-electron chi connectivity index (χ0n) is 26.1. The van der Waals surface area contributed by atoms with Gasteiger partial charge in [0.05, 0.1) is 17.1 Å².